The minimum absolute atomic E-state index is 0.145. The van der Waals surface area contributed by atoms with E-state index < -0.39 is 11.4 Å². The summed E-state index contributed by atoms with van der Waals surface area (Å²) in [5.41, 5.74) is 0.674. The summed E-state index contributed by atoms with van der Waals surface area (Å²) in [5.74, 6) is -0.123. The van der Waals surface area contributed by atoms with Crippen LogP contribution in [-0.2, 0) is 4.79 Å². The van der Waals surface area contributed by atoms with Gasteiger partial charge >= 0.3 is 5.97 Å². The molecule has 2 heteroatoms. The molecule has 0 bridgehead atoms. The van der Waals surface area contributed by atoms with Crippen molar-refractivity contribution in [2.24, 2.45) is 11.3 Å². The number of benzene rings is 1. The molecule has 0 saturated heterocycles. The summed E-state index contributed by atoms with van der Waals surface area (Å²) < 4.78 is 0. The number of carbonyl (C=O) groups is 1. The molecular formula is C14H18O2. The molecule has 1 unspecified atom stereocenters. The Morgan fingerprint density at radius 3 is 2.19 bits per heavy atom. The standard InChI is InChI=1S/C14H18O2/c1-10(2)12(11-6-4-3-5-7-11)14(8-9-14)13(15)16/h3-7,10,12H,8-9H2,1-2H3,(H,15,16). The third-order valence-corrected chi connectivity index (χ3v) is 3.64. The summed E-state index contributed by atoms with van der Waals surface area (Å²) in [4.78, 5) is 11.4. The zero-order valence-electron chi connectivity index (χ0n) is 9.81. The normalized spacial score (nSPS) is 19.4. The lowest BCUT2D eigenvalue weighted by Gasteiger charge is -2.27. The molecule has 1 saturated carbocycles. The lowest BCUT2D eigenvalue weighted by molar-refractivity contribution is -0.144. The molecule has 0 amide bonds. The van der Waals surface area contributed by atoms with Crippen molar-refractivity contribution in [3.8, 4) is 0 Å². The van der Waals surface area contributed by atoms with Gasteiger partial charge in [0.2, 0.25) is 0 Å². The number of carboxylic acids is 1. The Kier molecular flexibility index (Phi) is 2.75. The zero-order chi connectivity index (χ0) is 11.8. The summed E-state index contributed by atoms with van der Waals surface area (Å²) in [7, 11) is 0. The van der Waals surface area contributed by atoms with E-state index in [0.29, 0.717) is 5.92 Å². The lowest BCUT2D eigenvalue weighted by atomic mass is 9.76. The summed E-state index contributed by atoms with van der Waals surface area (Å²) in [6.07, 6.45) is 1.64. The minimum atomic E-state index is -0.630. The Morgan fingerprint density at radius 2 is 1.81 bits per heavy atom. The topological polar surface area (TPSA) is 37.3 Å². The van der Waals surface area contributed by atoms with Crippen molar-refractivity contribution >= 4 is 5.97 Å². The van der Waals surface area contributed by atoms with Crippen molar-refractivity contribution in [3.63, 3.8) is 0 Å². The van der Waals surface area contributed by atoms with Crippen molar-refractivity contribution in [2.75, 3.05) is 0 Å². The highest BCUT2D eigenvalue weighted by atomic mass is 16.4. The molecule has 0 spiro atoms. The molecule has 1 aromatic carbocycles. The van der Waals surface area contributed by atoms with E-state index in [0.717, 1.165) is 18.4 Å². The predicted octanol–water partition coefficient (Wildman–Crippen LogP) is 3.29. The van der Waals surface area contributed by atoms with Gasteiger partial charge in [0.15, 0.2) is 0 Å². The van der Waals surface area contributed by atoms with Gasteiger partial charge in [-0.1, -0.05) is 44.2 Å². The summed E-state index contributed by atoms with van der Waals surface area (Å²) in [5, 5.41) is 9.38. The molecule has 0 heterocycles. The van der Waals surface area contributed by atoms with Gasteiger partial charge < -0.3 is 5.11 Å². The fraction of sp³-hybridized carbons (Fsp3) is 0.500. The van der Waals surface area contributed by atoms with Crippen molar-refractivity contribution in [1.82, 2.24) is 0 Å². The third-order valence-electron chi connectivity index (χ3n) is 3.64. The zero-order valence-corrected chi connectivity index (χ0v) is 9.81. The van der Waals surface area contributed by atoms with Gasteiger partial charge in [0, 0.05) is 5.92 Å². The van der Waals surface area contributed by atoms with Crippen molar-refractivity contribution in [1.29, 1.82) is 0 Å². The number of hydrogen-bond donors (Lipinski definition) is 1. The van der Waals surface area contributed by atoms with Gasteiger partial charge in [-0.15, -0.1) is 0 Å². The molecule has 1 aromatic rings. The quantitative estimate of drug-likeness (QED) is 0.842. The van der Waals surface area contributed by atoms with Crippen LogP contribution in [0.2, 0.25) is 0 Å². The predicted molar refractivity (Wildman–Crippen MR) is 63.3 cm³/mol. The smallest absolute Gasteiger partial charge is 0.310 e. The van der Waals surface area contributed by atoms with Crippen LogP contribution in [-0.4, -0.2) is 11.1 Å². The van der Waals surface area contributed by atoms with E-state index in [1.165, 1.54) is 0 Å². The molecule has 1 N–H and O–H groups in total. The van der Waals surface area contributed by atoms with E-state index in [4.69, 9.17) is 0 Å². The number of rotatable bonds is 4. The number of hydrogen-bond acceptors (Lipinski definition) is 1. The maximum absolute atomic E-state index is 11.4. The number of carboxylic acid groups (broad SMARTS) is 1. The molecule has 1 atom stereocenters. The van der Waals surface area contributed by atoms with E-state index in [-0.39, 0.29) is 5.92 Å². The molecule has 1 aliphatic rings. The summed E-state index contributed by atoms with van der Waals surface area (Å²) in [6.45, 7) is 4.22. The molecule has 1 aliphatic carbocycles. The second-order valence-electron chi connectivity index (χ2n) is 5.09. The van der Waals surface area contributed by atoms with E-state index in [1.54, 1.807) is 0 Å². The SMILES string of the molecule is CC(C)C(c1ccccc1)C1(C(=O)O)CC1. The van der Waals surface area contributed by atoms with Crippen molar-refractivity contribution in [3.05, 3.63) is 35.9 Å². The summed E-state index contributed by atoms with van der Waals surface area (Å²) in [6, 6.07) is 10.0. The van der Waals surface area contributed by atoms with Crippen molar-refractivity contribution in [2.45, 2.75) is 32.6 Å². The summed E-state index contributed by atoms with van der Waals surface area (Å²) >= 11 is 0. The van der Waals surface area contributed by atoms with Gasteiger partial charge in [0.25, 0.3) is 0 Å². The first-order valence-electron chi connectivity index (χ1n) is 5.86. The maximum atomic E-state index is 11.4. The van der Waals surface area contributed by atoms with Crippen LogP contribution in [0, 0.1) is 11.3 Å². The van der Waals surface area contributed by atoms with Gasteiger partial charge in [-0.25, -0.2) is 0 Å². The van der Waals surface area contributed by atoms with E-state index in [2.05, 4.69) is 13.8 Å². The fourth-order valence-corrected chi connectivity index (χ4v) is 2.79. The molecular weight excluding hydrogens is 200 g/mol. The Morgan fingerprint density at radius 1 is 1.25 bits per heavy atom. The van der Waals surface area contributed by atoms with Crippen LogP contribution in [0.4, 0.5) is 0 Å². The van der Waals surface area contributed by atoms with Crippen molar-refractivity contribution < 1.29 is 9.90 Å². The van der Waals surface area contributed by atoms with E-state index in [1.807, 2.05) is 30.3 Å². The Labute approximate surface area is 96.3 Å². The molecule has 2 rings (SSSR count). The van der Waals surface area contributed by atoms with Crippen LogP contribution in [0.3, 0.4) is 0 Å². The highest BCUT2D eigenvalue weighted by molar-refractivity contribution is 5.79. The fourth-order valence-electron chi connectivity index (χ4n) is 2.79. The average Bonchev–Trinajstić information content (AvgIpc) is 3.00. The van der Waals surface area contributed by atoms with Gasteiger partial charge in [-0.05, 0) is 24.3 Å². The second-order valence-corrected chi connectivity index (χ2v) is 5.09. The second kappa shape index (κ2) is 3.93. The molecule has 16 heavy (non-hydrogen) atoms. The molecule has 0 aliphatic heterocycles. The number of aliphatic carboxylic acids is 1. The van der Waals surface area contributed by atoms with Crippen LogP contribution in [0.25, 0.3) is 0 Å². The highest BCUT2D eigenvalue weighted by Gasteiger charge is 2.57. The first kappa shape index (κ1) is 11.2. The van der Waals surface area contributed by atoms with E-state index in [9.17, 15) is 9.90 Å². The van der Waals surface area contributed by atoms with Crippen LogP contribution in [0.15, 0.2) is 30.3 Å². The first-order valence-corrected chi connectivity index (χ1v) is 5.86. The van der Waals surface area contributed by atoms with Gasteiger partial charge in [0.1, 0.15) is 0 Å². The van der Waals surface area contributed by atoms with Crippen LogP contribution in [0.1, 0.15) is 38.2 Å². The first-order chi connectivity index (χ1) is 7.58. The highest BCUT2D eigenvalue weighted by Crippen LogP contribution is 2.58. The molecule has 0 aromatic heterocycles. The van der Waals surface area contributed by atoms with Crippen LogP contribution < -0.4 is 0 Å². The van der Waals surface area contributed by atoms with Gasteiger partial charge in [0.05, 0.1) is 5.41 Å². The van der Waals surface area contributed by atoms with Crippen LogP contribution >= 0.6 is 0 Å². The minimum Gasteiger partial charge on any atom is -0.481 e. The van der Waals surface area contributed by atoms with Gasteiger partial charge in [-0.2, -0.15) is 0 Å². The Hall–Kier alpha value is -1.31. The molecule has 86 valence electrons. The molecule has 2 nitrogen and oxygen atoms in total. The Balaban J connectivity index is 2.36. The molecule has 0 radical (unpaired) electrons. The molecule has 1 fully saturated rings. The third kappa shape index (κ3) is 1.73. The van der Waals surface area contributed by atoms with Gasteiger partial charge in [-0.3, -0.25) is 4.79 Å². The maximum Gasteiger partial charge on any atom is 0.310 e. The van der Waals surface area contributed by atoms with Crippen LogP contribution in [0.5, 0.6) is 0 Å². The van der Waals surface area contributed by atoms with E-state index >= 15 is 0 Å². The lowest BCUT2D eigenvalue weighted by Crippen LogP contribution is -2.27. The average molecular weight is 218 g/mol. The Bertz CT molecular complexity index is 377. The monoisotopic (exact) mass is 218 g/mol. The largest absolute Gasteiger partial charge is 0.481 e.